The third-order valence-electron chi connectivity index (χ3n) is 2.57. The van der Waals surface area contributed by atoms with E-state index in [1.165, 1.54) is 25.3 Å². The first kappa shape index (κ1) is 13.1. The highest BCUT2D eigenvalue weighted by molar-refractivity contribution is 9.11. The Morgan fingerprint density at radius 3 is 2.44 bits per heavy atom. The maximum Gasteiger partial charge on any atom is 0.442 e. The van der Waals surface area contributed by atoms with Gasteiger partial charge in [0, 0.05) is 11.1 Å². The molecule has 0 bridgehead atoms. The van der Waals surface area contributed by atoms with Gasteiger partial charge in [0.05, 0.1) is 7.11 Å². The van der Waals surface area contributed by atoms with E-state index in [9.17, 15) is 13.2 Å². The third kappa shape index (κ3) is 2.03. The van der Waals surface area contributed by atoms with E-state index < -0.39 is 11.8 Å². The first-order valence-corrected chi connectivity index (χ1v) is 5.82. The molecule has 0 amide bonds. The molecule has 1 aromatic rings. The zero-order valence-electron chi connectivity index (χ0n) is 9.20. The molecular formula is C11H8BrF3N2O. The lowest BCUT2D eigenvalue weighted by Gasteiger charge is -2.16. The molecule has 0 aliphatic carbocycles. The number of nitrogens with zero attached hydrogens (tertiary/aromatic N) is 2. The van der Waals surface area contributed by atoms with Crippen LogP contribution in [0.5, 0.6) is 5.75 Å². The highest BCUT2D eigenvalue weighted by Crippen LogP contribution is 2.52. The van der Waals surface area contributed by atoms with Gasteiger partial charge in [-0.15, -0.1) is 10.2 Å². The number of benzene rings is 1. The summed E-state index contributed by atoms with van der Waals surface area (Å²) in [5.41, 5.74) is -1.79. The van der Waals surface area contributed by atoms with Gasteiger partial charge in [-0.25, -0.2) is 0 Å². The molecule has 3 nitrogen and oxygen atoms in total. The van der Waals surface area contributed by atoms with Crippen LogP contribution in [0.15, 0.2) is 33.4 Å². The number of hydrogen-bond donors (Lipinski definition) is 0. The SMILES string of the molecule is COc1cc(C2(C(F)(F)F)N=N2)ccc1/C=C\Br. The Labute approximate surface area is 109 Å². The van der Waals surface area contributed by atoms with Gasteiger partial charge in [-0.1, -0.05) is 28.1 Å². The molecule has 0 saturated carbocycles. The van der Waals surface area contributed by atoms with Gasteiger partial charge < -0.3 is 4.74 Å². The molecule has 1 aliphatic rings. The van der Waals surface area contributed by atoms with Gasteiger partial charge in [0.25, 0.3) is 0 Å². The van der Waals surface area contributed by atoms with Crippen LogP contribution < -0.4 is 4.74 Å². The Morgan fingerprint density at radius 1 is 1.33 bits per heavy atom. The van der Waals surface area contributed by atoms with Crippen LogP contribution in [0.4, 0.5) is 13.2 Å². The van der Waals surface area contributed by atoms with E-state index in [0.717, 1.165) is 0 Å². The highest BCUT2D eigenvalue weighted by atomic mass is 79.9. The van der Waals surface area contributed by atoms with E-state index in [1.54, 1.807) is 11.1 Å². The standard InChI is InChI=1S/C11H8BrF3N2O/c1-18-9-6-8(3-2-7(9)4-5-12)10(16-17-10)11(13,14)15/h2-6H,1H3/b5-4-. The summed E-state index contributed by atoms with van der Waals surface area (Å²) in [6.07, 6.45) is -2.85. The molecule has 0 aromatic heterocycles. The molecule has 0 unspecified atom stereocenters. The van der Waals surface area contributed by atoms with E-state index in [-0.39, 0.29) is 5.56 Å². The van der Waals surface area contributed by atoms with Crippen LogP contribution in [0.25, 0.3) is 6.08 Å². The van der Waals surface area contributed by atoms with Crippen molar-refractivity contribution in [3.05, 3.63) is 34.3 Å². The van der Waals surface area contributed by atoms with Gasteiger partial charge in [0.1, 0.15) is 5.75 Å². The molecule has 0 saturated heterocycles. The maximum atomic E-state index is 12.8. The molecule has 96 valence electrons. The van der Waals surface area contributed by atoms with Crippen LogP contribution in [0.2, 0.25) is 0 Å². The fourth-order valence-corrected chi connectivity index (χ4v) is 1.86. The largest absolute Gasteiger partial charge is 0.496 e. The fraction of sp³-hybridized carbons (Fsp3) is 0.273. The van der Waals surface area contributed by atoms with Gasteiger partial charge in [-0.3, -0.25) is 0 Å². The molecule has 7 heteroatoms. The molecule has 1 aliphatic heterocycles. The van der Waals surface area contributed by atoms with E-state index in [4.69, 9.17) is 4.74 Å². The van der Waals surface area contributed by atoms with Crippen LogP contribution in [-0.2, 0) is 5.66 Å². The van der Waals surface area contributed by atoms with E-state index in [2.05, 4.69) is 26.2 Å². The normalized spacial score (nSPS) is 17.2. The molecule has 18 heavy (non-hydrogen) atoms. The average molecular weight is 321 g/mol. The van der Waals surface area contributed by atoms with Gasteiger partial charge in [-0.05, 0) is 17.1 Å². The Morgan fingerprint density at radius 2 is 2.00 bits per heavy atom. The number of alkyl halides is 3. The second kappa shape index (κ2) is 4.38. The molecule has 2 rings (SSSR count). The van der Waals surface area contributed by atoms with Crippen LogP contribution in [0.3, 0.4) is 0 Å². The second-order valence-electron chi connectivity index (χ2n) is 3.62. The number of ether oxygens (including phenoxy) is 1. The first-order chi connectivity index (χ1) is 8.44. The summed E-state index contributed by atoms with van der Waals surface area (Å²) in [6.45, 7) is 0. The van der Waals surface area contributed by atoms with Crippen molar-refractivity contribution < 1.29 is 17.9 Å². The number of halogens is 4. The summed E-state index contributed by atoms with van der Waals surface area (Å²) in [5.74, 6) is 0.337. The quantitative estimate of drug-likeness (QED) is 0.820. The third-order valence-corrected chi connectivity index (χ3v) is 2.84. The minimum Gasteiger partial charge on any atom is -0.496 e. The lowest BCUT2D eigenvalue weighted by Crippen LogP contribution is -2.30. The van der Waals surface area contributed by atoms with Crippen LogP contribution >= 0.6 is 15.9 Å². The zero-order valence-corrected chi connectivity index (χ0v) is 10.8. The van der Waals surface area contributed by atoms with Crippen molar-refractivity contribution in [2.45, 2.75) is 11.8 Å². The summed E-state index contributed by atoms with van der Waals surface area (Å²) >= 11 is 3.10. The number of methoxy groups -OCH3 is 1. The average Bonchev–Trinajstić information content (AvgIpc) is 3.10. The van der Waals surface area contributed by atoms with Crippen LogP contribution in [0, 0.1) is 0 Å². The monoisotopic (exact) mass is 320 g/mol. The van der Waals surface area contributed by atoms with Gasteiger partial charge in [0.2, 0.25) is 0 Å². The van der Waals surface area contributed by atoms with Crippen LogP contribution in [0.1, 0.15) is 11.1 Å². The Balaban J connectivity index is 2.43. The topological polar surface area (TPSA) is 34.0 Å². The Bertz CT molecular complexity index is 520. The number of rotatable bonds is 3. The molecule has 0 spiro atoms. The van der Waals surface area contributed by atoms with Crippen LogP contribution in [-0.4, -0.2) is 13.3 Å². The summed E-state index contributed by atoms with van der Waals surface area (Å²) in [7, 11) is 1.39. The fourth-order valence-electron chi connectivity index (χ4n) is 1.58. The van der Waals surface area contributed by atoms with Crippen molar-refractivity contribution in [3.8, 4) is 5.75 Å². The lowest BCUT2D eigenvalue weighted by atomic mass is 10.0. The first-order valence-electron chi connectivity index (χ1n) is 4.90. The molecule has 1 heterocycles. The number of hydrogen-bond acceptors (Lipinski definition) is 3. The summed E-state index contributed by atoms with van der Waals surface area (Å²) in [5, 5.41) is 6.29. The summed E-state index contributed by atoms with van der Waals surface area (Å²) in [6, 6.07) is 4.18. The Hall–Kier alpha value is -1.37. The minimum absolute atomic E-state index is 0.0430. The zero-order chi connectivity index (χ0) is 13.4. The van der Waals surface area contributed by atoms with E-state index in [1.807, 2.05) is 0 Å². The maximum absolute atomic E-state index is 12.8. The molecule has 0 radical (unpaired) electrons. The van der Waals surface area contributed by atoms with Gasteiger partial charge in [0.15, 0.2) is 0 Å². The molecular weight excluding hydrogens is 313 g/mol. The lowest BCUT2D eigenvalue weighted by molar-refractivity contribution is -0.166. The summed E-state index contributed by atoms with van der Waals surface area (Å²) in [4.78, 5) is 1.59. The van der Waals surface area contributed by atoms with E-state index in [0.29, 0.717) is 11.3 Å². The van der Waals surface area contributed by atoms with Gasteiger partial charge in [-0.2, -0.15) is 13.2 Å². The van der Waals surface area contributed by atoms with Crippen molar-refractivity contribution in [2.75, 3.05) is 7.11 Å². The van der Waals surface area contributed by atoms with E-state index >= 15 is 0 Å². The molecule has 0 fully saturated rings. The van der Waals surface area contributed by atoms with Crippen molar-refractivity contribution >= 4 is 22.0 Å². The minimum atomic E-state index is -4.52. The van der Waals surface area contributed by atoms with Crippen molar-refractivity contribution in [1.29, 1.82) is 0 Å². The second-order valence-corrected chi connectivity index (χ2v) is 4.15. The summed E-state index contributed by atoms with van der Waals surface area (Å²) < 4.78 is 43.5. The predicted molar refractivity (Wildman–Crippen MR) is 63.5 cm³/mol. The van der Waals surface area contributed by atoms with Crippen molar-refractivity contribution in [1.82, 2.24) is 0 Å². The molecule has 1 aromatic carbocycles. The highest BCUT2D eigenvalue weighted by Gasteiger charge is 2.65. The smallest absolute Gasteiger partial charge is 0.442 e. The molecule has 0 N–H and O–H groups in total. The Kier molecular flexibility index (Phi) is 3.18. The van der Waals surface area contributed by atoms with Crippen molar-refractivity contribution in [3.63, 3.8) is 0 Å². The predicted octanol–water partition coefficient (Wildman–Crippen LogP) is 4.24. The van der Waals surface area contributed by atoms with Crippen molar-refractivity contribution in [2.24, 2.45) is 10.2 Å². The van der Waals surface area contributed by atoms with Gasteiger partial charge >= 0.3 is 11.8 Å². The molecule has 0 atom stereocenters.